The Morgan fingerprint density at radius 2 is 1.90 bits per heavy atom. The van der Waals surface area contributed by atoms with Crippen molar-refractivity contribution in [2.45, 2.75) is 13.8 Å². The number of nitrogens with one attached hydrogen (secondary N) is 2. The summed E-state index contributed by atoms with van der Waals surface area (Å²) in [6, 6.07) is 0. The van der Waals surface area contributed by atoms with Gasteiger partial charge in [-0.15, -0.1) is 0 Å². The zero-order chi connectivity index (χ0) is 7.98. The van der Waals surface area contributed by atoms with Gasteiger partial charge in [0.25, 0.3) is 0 Å². The Bertz CT molecular complexity index is 134. The molecule has 4 nitrogen and oxygen atoms in total. The fourth-order valence-corrected chi connectivity index (χ4v) is 0.464. The molecule has 0 fully saturated rings. The molecule has 0 aliphatic carbocycles. The Hall–Kier alpha value is -1.06. The molecule has 0 spiro atoms. The molecule has 0 saturated carbocycles. The van der Waals surface area contributed by atoms with Gasteiger partial charge in [0.1, 0.15) is 0 Å². The Morgan fingerprint density at radius 1 is 1.30 bits per heavy atom. The maximum atomic E-state index is 10.6. The molecule has 0 aromatic rings. The van der Waals surface area contributed by atoms with E-state index in [1.807, 2.05) is 6.92 Å². The third kappa shape index (κ3) is 5.08. The van der Waals surface area contributed by atoms with Gasteiger partial charge in [-0.05, 0) is 6.92 Å². The lowest BCUT2D eigenvalue weighted by molar-refractivity contribution is -0.124. The summed E-state index contributed by atoms with van der Waals surface area (Å²) in [5.41, 5.74) is 0. The Kier molecular flexibility index (Phi) is 4.28. The van der Waals surface area contributed by atoms with Crippen molar-refractivity contribution < 1.29 is 9.59 Å². The maximum Gasteiger partial charge on any atom is 0.239 e. The largest absolute Gasteiger partial charge is 0.355 e. The summed E-state index contributed by atoms with van der Waals surface area (Å²) in [5, 5.41) is 4.93. The summed E-state index contributed by atoms with van der Waals surface area (Å²) in [4.78, 5) is 20.9. The van der Waals surface area contributed by atoms with Gasteiger partial charge in [-0.1, -0.05) is 0 Å². The van der Waals surface area contributed by atoms with Crippen LogP contribution in [0.25, 0.3) is 0 Å². The van der Waals surface area contributed by atoms with Crippen molar-refractivity contribution >= 4 is 11.8 Å². The monoisotopic (exact) mass is 144 g/mol. The molecule has 0 unspecified atom stereocenters. The standard InChI is InChI=1S/C6H12N2O2/c1-3-7-6(10)4-8-5(2)9/h3-4H2,1-2H3,(H,7,10)(H,8,9). The van der Waals surface area contributed by atoms with Gasteiger partial charge in [0, 0.05) is 13.5 Å². The molecule has 0 heterocycles. The zero-order valence-corrected chi connectivity index (χ0v) is 6.23. The van der Waals surface area contributed by atoms with Crippen LogP contribution in [0.1, 0.15) is 13.8 Å². The van der Waals surface area contributed by atoms with Crippen LogP contribution in [0.4, 0.5) is 0 Å². The summed E-state index contributed by atoms with van der Waals surface area (Å²) in [6.45, 7) is 3.87. The second kappa shape index (κ2) is 4.78. The van der Waals surface area contributed by atoms with E-state index in [0.29, 0.717) is 6.54 Å². The van der Waals surface area contributed by atoms with Crippen LogP contribution in [-0.4, -0.2) is 24.9 Å². The zero-order valence-electron chi connectivity index (χ0n) is 6.23. The van der Waals surface area contributed by atoms with Gasteiger partial charge in [-0.2, -0.15) is 0 Å². The first-order chi connectivity index (χ1) is 4.66. The SMILES string of the molecule is CCNC(=O)CNC(C)=O. The normalized spacial score (nSPS) is 8.60. The minimum Gasteiger partial charge on any atom is -0.355 e. The first-order valence-electron chi connectivity index (χ1n) is 3.18. The van der Waals surface area contributed by atoms with Crippen molar-refractivity contribution in [1.82, 2.24) is 10.6 Å². The van der Waals surface area contributed by atoms with Crippen molar-refractivity contribution in [1.29, 1.82) is 0 Å². The van der Waals surface area contributed by atoms with Crippen molar-refractivity contribution in [3.8, 4) is 0 Å². The van der Waals surface area contributed by atoms with Gasteiger partial charge in [0.15, 0.2) is 0 Å². The van der Waals surface area contributed by atoms with Gasteiger partial charge < -0.3 is 10.6 Å². The third-order valence-corrected chi connectivity index (χ3v) is 0.872. The van der Waals surface area contributed by atoms with E-state index in [1.54, 1.807) is 0 Å². The van der Waals surface area contributed by atoms with Crippen LogP contribution in [0.2, 0.25) is 0 Å². The van der Waals surface area contributed by atoms with Crippen LogP contribution in [0, 0.1) is 0 Å². The molecule has 2 amide bonds. The number of hydrogen-bond donors (Lipinski definition) is 2. The van der Waals surface area contributed by atoms with E-state index in [0.717, 1.165) is 0 Å². The van der Waals surface area contributed by atoms with Crippen LogP contribution in [0.15, 0.2) is 0 Å². The van der Waals surface area contributed by atoms with E-state index in [-0.39, 0.29) is 18.4 Å². The van der Waals surface area contributed by atoms with Crippen LogP contribution in [-0.2, 0) is 9.59 Å². The number of carbonyl (C=O) groups excluding carboxylic acids is 2. The fraction of sp³-hybridized carbons (Fsp3) is 0.667. The third-order valence-electron chi connectivity index (χ3n) is 0.872. The Balaban J connectivity index is 3.30. The van der Waals surface area contributed by atoms with Crippen molar-refractivity contribution in [2.24, 2.45) is 0 Å². The second-order valence-corrected chi connectivity index (χ2v) is 1.86. The van der Waals surface area contributed by atoms with Crippen molar-refractivity contribution in [3.63, 3.8) is 0 Å². The lowest BCUT2D eigenvalue weighted by atomic mass is 10.5. The van der Waals surface area contributed by atoms with E-state index < -0.39 is 0 Å². The molecule has 4 heteroatoms. The molecule has 0 radical (unpaired) electrons. The van der Waals surface area contributed by atoms with Crippen LogP contribution in [0.5, 0.6) is 0 Å². The molecule has 58 valence electrons. The Morgan fingerprint density at radius 3 is 2.30 bits per heavy atom. The first-order valence-corrected chi connectivity index (χ1v) is 3.18. The molecule has 0 aromatic carbocycles. The van der Waals surface area contributed by atoms with Crippen LogP contribution in [0.3, 0.4) is 0 Å². The number of carbonyl (C=O) groups is 2. The molecule has 0 bridgehead atoms. The molecular formula is C6H12N2O2. The van der Waals surface area contributed by atoms with Gasteiger partial charge in [0.05, 0.1) is 6.54 Å². The molecule has 0 aliphatic rings. The highest BCUT2D eigenvalue weighted by molar-refractivity contribution is 5.83. The van der Waals surface area contributed by atoms with E-state index in [2.05, 4.69) is 10.6 Å². The van der Waals surface area contributed by atoms with Crippen molar-refractivity contribution in [3.05, 3.63) is 0 Å². The predicted molar refractivity (Wildman–Crippen MR) is 37.4 cm³/mol. The molecule has 0 rings (SSSR count). The smallest absolute Gasteiger partial charge is 0.239 e. The van der Waals surface area contributed by atoms with Crippen LogP contribution >= 0.6 is 0 Å². The minimum atomic E-state index is -0.189. The molecule has 0 aliphatic heterocycles. The van der Waals surface area contributed by atoms with E-state index in [4.69, 9.17) is 0 Å². The minimum absolute atomic E-state index is 0.0726. The molecule has 2 N–H and O–H groups in total. The van der Waals surface area contributed by atoms with Gasteiger partial charge in [-0.25, -0.2) is 0 Å². The number of rotatable bonds is 3. The van der Waals surface area contributed by atoms with Crippen molar-refractivity contribution in [2.75, 3.05) is 13.1 Å². The predicted octanol–water partition coefficient (Wildman–Crippen LogP) is -0.741. The average molecular weight is 144 g/mol. The summed E-state index contributed by atoms with van der Waals surface area (Å²) in [7, 11) is 0. The van der Waals surface area contributed by atoms with Crippen LogP contribution < -0.4 is 10.6 Å². The quantitative estimate of drug-likeness (QED) is 0.548. The molecule has 10 heavy (non-hydrogen) atoms. The number of amides is 2. The van der Waals surface area contributed by atoms with E-state index in [1.165, 1.54) is 6.92 Å². The average Bonchev–Trinajstić information content (AvgIpc) is 1.85. The molecule has 0 atom stereocenters. The highest BCUT2D eigenvalue weighted by atomic mass is 16.2. The molecule has 0 saturated heterocycles. The van der Waals surface area contributed by atoms with Gasteiger partial charge in [-0.3, -0.25) is 9.59 Å². The fourth-order valence-electron chi connectivity index (χ4n) is 0.464. The van der Waals surface area contributed by atoms with E-state index in [9.17, 15) is 9.59 Å². The highest BCUT2D eigenvalue weighted by Crippen LogP contribution is 1.63. The lowest BCUT2D eigenvalue weighted by Gasteiger charge is -2.00. The van der Waals surface area contributed by atoms with E-state index >= 15 is 0 Å². The molecule has 0 aromatic heterocycles. The van der Waals surface area contributed by atoms with Gasteiger partial charge >= 0.3 is 0 Å². The maximum absolute atomic E-state index is 10.6. The highest BCUT2D eigenvalue weighted by Gasteiger charge is 1.97. The summed E-state index contributed by atoms with van der Waals surface area (Å²) in [6.07, 6.45) is 0. The first kappa shape index (κ1) is 8.94. The molecular weight excluding hydrogens is 132 g/mol. The number of likely N-dealkylation sites (N-methyl/N-ethyl adjacent to an activating group) is 1. The summed E-state index contributed by atoms with van der Waals surface area (Å²) < 4.78 is 0. The number of hydrogen-bond acceptors (Lipinski definition) is 2. The Labute approximate surface area is 60.0 Å². The lowest BCUT2D eigenvalue weighted by Crippen LogP contribution is -2.35. The summed E-state index contributed by atoms with van der Waals surface area (Å²) in [5.74, 6) is -0.344. The van der Waals surface area contributed by atoms with Gasteiger partial charge in [0.2, 0.25) is 11.8 Å². The second-order valence-electron chi connectivity index (χ2n) is 1.86. The summed E-state index contributed by atoms with van der Waals surface area (Å²) >= 11 is 0. The topological polar surface area (TPSA) is 58.2 Å².